The summed E-state index contributed by atoms with van der Waals surface area (Å²) >= 11 is 0. The second-order valence-corrected chi connectivity index (χ2v) is 13.2. The second-order valence-electron chi connectivity index (χ2n) is 13.2. The van der Waals surface area contributed by atoms with Crippen molar-refractivity contribution in [3.8, 4) is 11.3 Å². The van der Waals surface area contributed by atoms with Crippen LogP contribution < -0.4 is 10.2 Å². The quantitative estimate of drug-likeness (QED) is 0.267. The largest absolute Gasteiger partial charge is 0.465 e. The SMILES string of the molecule is CC(C)(C)C1(Nc2ccc(N3CCC(O)(C4CC4)CC3)cn2)c2c(cccc2-c2cnc3cc(F)ccn23)C(=O)N1C(=O)O. The number of nitrogens with one attached hydrogen (secondary N) is 1. The number of halogens is 1. The molecule has 5 heterocycles. The number of aliphatic hydroxyl groups is 1. The molecule has 7 rings (SSSR count). The highest BCUT2D eigenvalue weighted by atomic mass is 19.1. The van der Waals surface area contributed by atoms with Gasteiger partial charge in [0.25, 0.3) is 5.91 Å². The molecule has 3 aromatic heterocycles. The van der Waals surface area contributed by atoms with Crippen LogP contribution in [0.1, 0.15) is 62.4 Å². The lowest BCUT2D eigenvalue weighted by molar-refractivity contribution is -0.00533. The lowest BCUT2D eigenvalue weighted by Gasteiger charge is -2.47. The Hall–Kier alpha value is -4.51. The summed E-state index contributed by atoms with van der Waals surface area (Å²) in [7, 11) is 0. The van der Waals surface area contributed by atoms with Crippen LogP contribution in [0, 0.1) is 17.2 Å². The summed E-state index contributed by atoms with van der Waals surface area (Å²) in [5.41, 5.74) is 0.208. The second kappa shape index (κ2) is 9.75. The summed E-state index contributed by atoms with van der Waals surface area (Å²) in [6.45, 7) is 7.09. The fourth-order valence-corrected chi connectivity index (χ4v) is 7.13. The van der Waals surface area contributed by atoms with Gasteiger partial charge < -0.3 is 20.4 Å². The van der Waals surface area contributed by atoms with Crippen molar-refractivity contribution in [1.29, 1.82) is 0 Å². The lowest BCUT2D eigenvalue weighted by atomic mass is 9.73. The first-order chi connectivity index (χ1) is 20.9. The van der Waals surface area contributed by atoms with Crippen molar-refractivity contribution in [2.75, 3.05) is 23.3 Å². The first kappa shape index (κ1) is 28.3. The van der Waals surface area contributed by atoms with E-state index in [4.69, 9.17) is 4.98 Å². The fraction of sp³-hybridized carbons (Fsp3) is 0.394. The molecule has 4 aromatic rings. The number of hydrogen-bond donors (Lipinski definition) is 3. The van der Waals surface area contributed by atoms with Gasteiger partial charge in [0.05, 0.1) is 29.4 Å². The maximum atomic E-state index is 14.0. The van der Waals surface area contributed by atoms with Crippen LogP contribution in [-0.4, -0.2) is 60.2 Å². The molecule has 1 aliphatic carbocycles. The predicted octanol–water partition coefficient (Wildman–Crippen LogP) is 5.72. The number of imidazole rings is 1. The van der Waals surface area contributed by atoms with Crippen molar-refractivity contribution < 1.29 is 24.2 Å². The van der Waals surface area contributed by atoms with Gasteiger partial charge in [-0.05, 0) is 55.9 Å². The molecule has 1 saturated heterocycles. The monoisotopic (exact) mass is 598 g/mol. The minimum atomic E-state index is -1.56. The predicted molar refractivity (Wildman–Crippen MR) is 163 cm³/mol. The molecule has 2 fully saturated rings. The van der Waals surface area contributed by atoms with Gasteiger partial charge in [-0.3, -0.25) is 9.20 Å². The average molecular weight is 599 g/mol. The third kappa shape index (κ3) is 4.24. The van der Waals surface area contributed by atoms with E-state index in [0.717, 1.165) is 49.4 Å². The maximum Gasteiger partial charge on any atom is 0.416 e. The van der Waals surface area contributed by atoms with Crippen LogP contribution in [0.2, 0.25) is 0 Å². The van der Waals surface area contributed by atoms with Gasteiger partial charge in [-0.15, -0.1) is 0 Å². The van der Waals surface area contributed by atoms with E-state index in [9.17, 15) is 24.2 Å². The van der Waals surface area contributed by atoms with Crippen LogP contribution in [0.25, 0.3) is 16.9 Å². The van der Waals surface area contributed by atoms with Gasteiger partial charge in [-0.25, -0.2) is 24.1 Å². The van der Waals surface area contributed by atoms with E-state index in [0.29, 0.717) is 34.2 Å². The molecule has 1 atom stereocenters. The van der Waals surface area contributed by atoms with Crippen LogP contribution in [0.4, 0.5) is 20.7 Å². The highest BCUT2D eigenvalue weighted by molar-refractivity contribution is 6.10. The molecular formula is C33H35FN6O4. The molecule has 1 saturated carbocycles. The Balaban J connectivity index is 1.31. The number of carbonyl (C=O) groups is 2. The Morgan fingerprint density at radius 3 is 2.41 bits per heavy atom. The van der Waals surface area contributed by atoms with E-state index in [1.54, 1.807) is 41.2 Å². The number of anilines is 2. The zero-order chi connectivity index (χ0) is 31.0. The van der Waals surface area contributed by atoms with Gasteiger partial charge in [0.15, 0.2) is 5.66 Å². The van der Waals surface area contributed by atoms with E-state index in [-0.39, 0.29) is 5.56 Å². The van der Waals surface area contributed by atoms with Crippen LogP contribution in [0.3, 0.4) is 0 Å². The van der Waals surface area contributed by atoms with Crippen molar-refractivity contribution in [1.82, 2.24) is 19.3 Å². The Morgan fingerprint density at radius 2 is 1.77 bits per heavy atom. The third-order valence-corrected chi connectivity index (χ3v) is 9.61. The molecule has 10 nitrogen and oxygen atoms in total. The first-order valence-electron chi connectivity index (χ1n) is 15.0. The Bertz CT molecular complexity index is 1790. The molecule has 3 N–H and O–H groups in total. The number of nitrogens with zero attached hydrogens (tertiary/aromatic N) is 5. The average Bonchev–Trinajstić information content (AvgIpc) is 3.72. The third-order valence-electron chi connectivity index (χ3n) is 9.61. The number of aromatic nitrogens is 3. The standard InChI is InChI=1S/C33H35FN6O4/c1-31(2,3)33(37-26-10-9-22(18-35-26)38-15-12-32(44,13-16-38)20-7-8-20)28-23(5-4-6-24(28)29(41)40(33)30(42)43)25-19-36-27-17-21(34)11-14-39(25)27/h4-6,9-11,14,17-20,44H,7-8,12-13,15-16H2,1-3H3,(H,35,37)(H,42,43). The molecule has 1 unspecified atom stereocenters. The number of rotatable bonds is 5. The van der Waals surface area contributed by atoms with Gasteiger partial charge in [0, 0.05) is 47.5 Å². The molecule has 228 valence electrons. The van der Waals surface area contributed by atoms with E-state index >= 15 is 0 Å². The summed E-state index contributed by atoms with van der Waals surface area (Å²) in [6.07, 6.45) is 7.15. The smallest absolute Gasteiger partial charge is 0.416 e. The number of amides is 2. The first-order valence-corrected chi connectivity index (χ1v) is 15.0. The molecule has 44 heavy (non-hydrogen) atoms. The number of pyridine rings is 2. The van der Waals surface area contributed by atoms with Gasteiger partial charge in [-0.2, -0.15) is 0 Å². The zero-order valence-electron chi connectivity index (χ0n) is 24.9. The number of carbonyl (C=O) groups excluding carboxylic acids is 1. The van der Waals surface area contributed by atoms with E-state index < -0.39 is 34.5 Å². The maximum absolute atomic E-state index is 14.0. The molecule has 2 aliphatic heterocycles. The molecule has 1 aromatic carbocycles. The number of carboxylic acid groups (broad SMARTS) is 1. The van der Waals surface area contributed by atoms with Crippen LogP contribution in [-0.2, 0) is 5.66 Å². The van der Waals surface area contributed by atoms with Crippen LogP contribution >= 0.6 is 0 Å². The summed E-state index contributed by atoms with van der Waals surface area (Å²) in [4.78, 5) is 38.9. The summed E-state index contributed by atoms with van der Waals surface area (Å²) in [5.74, 6) is -0.255. The molecule has 0 radical (unpaired) electrons. The molecule has 0 spiro atoms. The highest BCUT2D eigenvalue weighted by Crippen LogP contribution is 2.54. The molecule has 11 heteroatoms. The normalized spacial score (nSPS) is 21.5. The van der Waals surface area contributed by atoms with E-state index in [2.05, 4.69) is 15.2 Å². The minimum Gasteiger partial charge on any atom is -0.465 e. The summed E-state index contributed by atoms with van der Waals surface area (Å²) < 4.78 is 15.7. The van der Waals surface area contributed by atoms with Gasteiger partial charge >= 0.3 is 6.09 Å². The Morgan fingerprint density at radius 1 is 1.05 bits per heavy atom. The Labute approximate surface area is 254 Å². The zero-order valence-corrected chi connectivity index (χ0v) is 24.9. The Kier molecular flexibility index (Phi) is 6.26. The molecular weight excluding hydrogens is 563 g/mol. The highest BCUT2D eigenvalue weighted by Gasteiger charge is 2.61. The van der Waals surface area contributed by atoms with Gasteiger partial charge in [0.2, 0.25) is 0 Å². The van der Waals surface area contributed by atoms with Gasteiger partial charge in [0.1, 0.15) is 17.3 Å². The topological polar surface area (TPSA) is 123 Å². The lowest BCUT2D eigenvalue weighted by Crippen LogP contribution is -2.59. The molecule has 0 bridgehead atoms. The fourth-order valence-electron chi connectivity index (χ4n) is 7.13. The minimum absolute atomic E-state index is 0.248. The van der Waals surface area contributed by atoms with Crippen molar-refractivity contribution in [3.05, 3.63) is 78.0 Å². The summed E-state index contributed by atoms with van der Waals surface area (Å²) in [5, 5.41) is 24.9. The van der Waals surface area contributed by atoms with E-state index in [1.807, 2.05) is 32.9 Å². The van der Waals surface area contributed by atoms with Crippen molar-refractivity contribution >= 4 is 29.2 Å². The van der Waals surface area contributed by atoms with Gasteiger partial charge in [-0.1, -0.05) is 32.9 Å². The number of benzene rings is 1. The van der Waals surface area contributed by atoms with Crippen molar-refractivity contribution in [2.24, 2.45) is 11.3 Å². The van der Waals surface area contributed by atoms with Crippen LogP contribution in [0.5, 0.6) is 0 Å². The molecule has 3 aliphatic rings. The number of imide groups is 1. The number of hydrogen-bond acceptors (Lipinski definition) is 7. The van der Waals surface area contributed by atoms with Crippen LogP contribution in [0.15, 0.2) is 61.1 Å². The van der Waals surface area contributed by atoms with E-state index in [1.165, 1.54) is 12.1 Å². The number of piperidine rings is 1. The molecule has 2 amide bonds. The number of fused-ring (bicyclic) bond motifs is 2. The van der Waals surface area contributed by atoms with Crippen molar-refractivity contribution in [3.63, 3.8) is 0 Å². The van der Waals surface area contributed by atoms with Crippen molar-refractivity contribution in [2.45, 2.75) is 57.7 Å². The summed E-state index contributed by atoms with van der Waals surface area (Å²) in [6, 6.07) is 11.5.